The Morgan fingerprint density at radius 3 is 2.39 bits per heavy atom. The van der Waals surface area contributed by atoms with E-state index in [1.807, 2.05) is 57.4 Å². The van der Waals surface area contributed by atoms with Crippen molar-refractivity contribution < 1.29 is 43.4 Å². The first-order chi connectivity index (χ1) is 36.6. The topological polar surface area (TPSA) is 280 Å². The van der Waals surface area contributed by atoms with Crippen molar-refractivity contribution in [2.75, 3.05) is 39.4 Å². The molecule has 3 aliphatic rings. The summed E-state index contributed by atoms with van der Waals surface area (Å²) in [5, 5.41) is 37.2. The van der Waals surface area contributed by atoms with E-state index in [0.29, 0.717) is 22.4 Å². The number of thiophene rings is 1. The highest BCUT2D eigenvalue weighted by molar-refractivity contribution is 7.15. The van der Waals surface area contributed by atoms with Crippen LogP contribution in [0.5, 0.6) is 0 Å². The summed E-state index contributed by atoms with van der Waals surface area (Å²) in [6.07, 6.45) is 3.43. The van der Waals surface area contributed by atoms with Gasteiger partial charge in [-0.1, -0.05) is 69.3 Å². The largest absolute Gasteiger partial charge is 0.391 e. The molecule has 7 amide bonds. The fraction of sp³-hybridized carbons (Fsp3) is 0.453. The zero-order valence-electron chi connectivity index (χ0n) is 44.2. The smallest absolute Gasteiger partial charge is 0.247 e. The third kappa shape index (κ3) is 13.8. The SMILES string of the molecule is C=C(/C=C\C(=C/C)c1scnc1C)[C@@H]1NC(=O)[C@@H]2C[C@@H](O)CN2C(=O)[C@H](C(C)(C)C)NC(=O)CCOCCNC(=O)[C@@H](CNC(=O)C[C@@H]2N=C(c3ccc(Cl)cc3)c3c(sc(C)c3C)-n3c(C)nnc32)NC(=O)CNC1=O. The molecule has 6 atom stereocenters. The van der Waals surface area contributed by atoms with Crippen molar-refractivity contribution in [3.63, 3.8) is 0 Å². The van der Waals surface area contributed by atoms with Crippen LogP contribution in [0.25, 0.3) is 10.6 Å². The number of amides is 7. The molecule has 0 aliphatic carbocycles. The maximum absolute atomic E-state index is 14.3. The highest BCUT2D eigenvalue weighted by Gasteiger charge is 2.45. The Morgan fingerprint density at radius 2 is 1.70 bits per heavy atom. The van der Waals surface area contributed by atoms with Gasteiger partial charge in [0.05, 0.1) is 54.1 Å². The molecule has 3 aromatic heterocycles. The Morgan fingerprint density at radius 1 is 0.961 bits per heavy atom. The summed E-state index contributed by atoms with van der Waals surface area (Å²) in [5.41, 5.74) is 5.78. The molecule has 0 spiro atoms. The predicted octanol–water partition coefficient (Wildman–Crippen LogP) is 3.40. The van der Waals surface area contributed by atoms with Crippen LogP contribution in [0, 0.1) is 33.1 Å². The number of carbonyl (C=O) groups excluding carboxylic acids is 7. The van der Waals surface area contributed by atoms with Gasteiger partial charge in [0, 0.05) is 53.5 Å². The number of aliphatic hydroxyl groups excluding tert-OH is 1. The molecule has 0 bridgehead atoms. The summed E-state index contributed by atoms with van der Waals surface area (Å²) in [6.45, 7) is 17.4. The Hall–Kier alpha value is -6.92. The quantitative estimate of drug-likeness (QED) is 0.119. The van der Waals surface area contributed by atoms with E-state index in [2.05, 4.69) is 53.7 Å². The minimum absolute atomic E-state index is 0.0501. The predicted molar refractivity (Wildman–Crippen MR) is 293 cm³/mol. The first-order valence-corrected chi connectivity index (χ1v) is 27.2. The van der Waals surface area contributed by atoms with E-state index >= 15 is 0 Å². The second-order valence-electron chi connectivity index (χ2n) is 20.0. The normalized spacial score (nSPS) is 22.7. The molecule has 4 aromatic rings. The van der Waals surface area contributed by atoms with Crippen molar-refractivity contribution in [2.45, 2.75) is 111 Å². The molecule has 3 aliphatic heterocycles. The fourth-order valence-corrected chi connectivity index (χ4v) is 11.3. The summed E-state index contributed by atoms with van der Waals surface area (Å²) >= 11 is 9.26. The molecule has 21 nitrogen and oxygen atoms in total. The Balaban J connectivity index is 1.13. The standard InChI is InChI=1S/C53H65ClN12O9S2/c1-10-32(45-29(4)58-26-76-45)12-11-27(2)43-50(73)57-24-41(70)59-37(48(71)55-18-20-75-19-17-39(68)61-46(53(7,8)9)51(74)65-25-35(67)21-38(65)49(72)62-43)23-56-40(69)22-36-47-64-63-31(6)66(47)52-42(28(3)30(5)77-52)44(60-36)33-13-15-34(54)16-14-33/h10-16,26,35-38,43,46,67H,2,17-25H2,1,3-9H3,(H,55,71)(H,56,69)(H,57,73)(H,59,70)(H,61,68)(H,62,72)/b12-11-,32-10+/t35-,36+,37-,38+,43+,46-/m1/s1. The maximum Gasteiger partial charge on any atom is 0.247 e. The number of nitrogens with one attached hydrogen (secondary N) is 6. The van der Waals surface area contributed by atoms with Gasteiger partial charge >= 0.3 is 0 Å². The minimum atomic E-state index is -1.52. The van der Waals surface area contributed by atoms with Crippen LogP contribution in [0.4, 0.5) is 0 Å². The van der Waals surface area contributed by atoms with Crippen molar-refractivity contribution in [1.82, 2.24) is 56.5 Å². The third-order valence-corrected chi connectivity index (χ3v) is 15.8. The van der Waals surface area contributed by atoms with E-state index in [-0.39, 0.29) is 51.1 Å². The first-order valence-electron chi connectivity index (χ1n) is 25.1. The number of hydrogen-bond acceptors (Lipinski definition) is 15. The summed E-state index contributed by atoms with van der Waals surface area (Å²) in [6, 6.07) is 1.12. The lowest BCUT2D eigenvalue weighted by Gasteiger charge is -2.35. The molecular formula is C53H65ClN12O9S2. The molecule has 0 saturated carbocycles. The second-order valence-corrected chi connectivity index (χ2v) is 22.5. The van der Waals surface area contributed by atoms with Gasteiger partial charge in [0.15, 0.2) is 5.82 Å². The number of thiazole rings is 1. The number of hydrogen-bond donors (Lipinski definition) is 7. The number of allylic oxidation sites excluding steroid dienone is 3. The molecule has 7 N–H and O–H groups in total. The van der Waals surface area contributed by atoms with Crippen LogP contribution in [-0.4, -0.2) is 146 Å². The minimum Gasteiger partial charge on any atom is -0.391 e. The van der Waals surface area contributed by atoms with E-state index in [0.717, 1.165) is 42.7 Å². The Kier molecular flexibility index (Phi) is 18.8. The molecule has 77 heavy (non-hydrogen) atoms. The number of nitrogens with zero attached hydrogens (tertiary/aromatic N) is 6. The highest BCUT2D eigenvalue weighted by Crippen LogP contribution is 2.40. The lowest BCUT2D eigenvalue weighted by Crippen LogP contribution is -2.59. The van der Waals surface area contributed by atoms with Gasteiger partial charge in [-0.25, -0.2) is 4.98 Å². The van der Waals surface area contributed by atoms with Crippen LogP contribution in [0.15, 0.2) is 65.1 Å². The van der Waals surface area contributed by atoms with E-state index in [9.17, 15) is 38.7 Å². The van der Waals surface area contributed by atoms with Crippen molar-refractivity contribution in [2.24, 2.45) is 10.4 Å². The molecule has 1 aromatic carbocycles. The van der Waals surface area contributed by atoms with Gasteiger partial charge in [-0.2, -0.15) is 0 Å². The monoisotopic (exact) mass is 1110 g/mol. The van der Waals surface area contributed by atoms with Gasteiger partial charge < -0.3 is 46.6 Å². The average molecular weight is 1110 g/mol. The maximum atomic E-state index is 14.3. The Bertz CT molecular complexity index is 3030. The summed E-state index contributed by atoms with van der Waals surface area (Å²) in [4.78, 5) is 110. The zero-order valence-corrected chi connectivity index (χ0v) is 46.6. The molecule has 0 radical (unpaired) electrons. The molecular weight excluding hydrogens is 1050 g/mol. The number of ether oxygens (including phenoxy) is 1. The highest BCUT2D eigenvalue weighted by atomic mass is 35.5. The van der Waals surface area contributed by atoms with Gasteiger partial charge in [-0.05, 0) is 68.9 Å². The first kappa shape index (κ1) is 57.8. The lowest BCUT2D eigenvalue weighted by molar-refractivity contribution is -0.144. The lowest BCUT2D eigenvalue weighted by atomic mass is 9.85. The molecule has 24 heteroatoms. The molecule has 7 rings (SSSR count). The number of fused-ring (bicyclic) bond motifs is 4. The molecule has 2 fully saturated rings. The van der Waals surface area contributed by atoms with Gasteiger partial charge in [0.1, 0.15) is 41.0 Å². The zero-order chi connectivity index (χ0) is 55.9. The van der Waals surface area contributed by atoms with Crippen LogP contribution in [0.3, 0.4) is 0 Å². The second kappa shape index (κ2) is 25.0. The van der Waals surface area contributed by atoms with Crippen LogP contribution in [0.1, 0.15) is 96.8 Å². The summed E-state index contributed by atoms with van der Waals surface area (Å²) in [7, 11) is 0. The number of halogens is 1. The van der Waals surface area contributed by atoms with E-state index < -0.39 is 96.2 Å². The fourth-order valence-electron chi connectivity index (χ4n) is 9.05. The average Bonchev–Trinajstić information content (AvgIpc) is 4.17. The van der Waals surface area contributed by atoms with Crippen molar-refractivity contribution in [3.05, 3.63) is 109 Å². The van der Waals surface area contributed by atoms with Crippen LogP contribution >= 0.6 is 34.3 Å². The molecule has 2 saturated heterocycles. The summed E-state index contributed by atoms with van der Waals surface area (Å²) in [5.74, 6) is -3.84. The number of carbonyl (C=O) groups is 7. The Labute approximate surface area is 459 Å². The van der Waals surface area contributed by atoms with E-state index in [1.54, 1.807) is 61.9 Å². The van der Waals surface area contributed by atoms with Gasteiger partial charge in [-0.15, -0.1) is 32.9 Å². The third-order valence-electron chi connectivity index (χ3n) is 13.3. The van der Waals surface area contributed by atoms with Crippen molar-refractivity contribution >= 4 is 86.9 Å². The number of aromatic nitrogens is 4. The van der Waals surface area contributed by atoms with Crippen molar-refractivity contribution in [3.8, 4) is 5.00 Å². The number of aliphatic imine (C=N–C) groups is 1. The van der Waals surface area contributed by atoms with Crippen LogP contribution < -0.4 is 31.9 Å². The number of aryl methyl sites for hydroxylation is 3. The van der Waals surface area contributed by atoms with Gasteiger partial charge in [0.2, 0.25) is 41.4 Å². The molecule has 0 unspecified atom stereocenters. The van der Waals surface area contributed by atoms with Crippen LogP contribution in [0.2, 0.25) is 5.02 Å². The van der Waals surface area contributed by atoms with Crippen LogP contribution in [-0.2, 0) is 38.3 Å². The van der Waals surface area contributed by atoms with Gasteiger partial charge in [0.25, 0.3) is 0 Å². The van der Waals surface area contributed by atoms with Gasteiger partial charge in [-0.3, -0.25) is 43.1 Å². The summed E-state index contributed by atoms with van der Waals surface area (Å²) < 4.78 is 7.56. The number of aliphatic hydroxyl groups is 1. The van der Waals surface area contributed by atoms with Crippen molar-refractivity contribution in [1.29, 1.82) is 0 Å². The molecule has 6 heterocycles. The van der Waals surface area contributed by atoms with E-state index in [4.69, 9.17) is 21.3 Å². The molecule has 410 valence electrons. The number of rotatable bonds is 9. The number of benzene rings is 1. The van der Waals surface area contributed by atoms with E-state index in [1.165, 1.54) is 16.2 Å².